The van der Waals surface area contributed by atoms with Gasteiger partial charge in [-0.25, -0.2) is 19.7 Å². The number of carbonyl (C=O) groups is 4. The second-order valence-corrected chi connectivity index (χ2v) is 20.3. The summed E-state index contributed by atoms with van der Waals surface area (Å²) in [5, 5.41) is 33.3. The standard InChI is InChI=1S/C60H57N7O11/c68-35-36-76-46-18-11-17-44(38-46)53-60(47-37-40(25-28-59(73)26-9-1-2-10-27-59)21-24-48(47)65(56(60)71)58(72)77-39-41-19-22-45(23-20-41)67(74)75)49(54(69)63-31-33-64(34-32-63)57-61-29-12-30-62-57)51-55(70)78-52(43-15-7-4-8-16-43)50(66(51)53)42-13-5-3-6-14-42/h3-8,11-24,29-30,37-38,49-53,68,73H,1-2,9-10,26-27,31-36,39H2/t49-,50-,51-,52+,53+,60-/m1/s1. The first-order valence-electron chi connectivity index (χ1n) is 26.4. The number of aromatic nitrogens is 2. The molecule has 0 radical (unpaired) electrons. The number of esters is 1. The number of morpholine rings is 1. The number of fused-ring (bicyclic) bond motifs is 3. The summed E-state index contributed by atoms with van der Waals surface area (Å²) in [4.78, 5) is 90.6. The van der Waals surface area contributed by atoms with Crippen molar-refractivity contribution in [3.8, 4) is 17.6 Å². The van der Waals surface area contributed by atoms with E-state index in [1.807, 2.05) is 70.5 Å². The Morgan fingerprint density at radius 1 is 0.782 bits per heavy atom. The van der Waals surface area contributed by atoms with Gasteiger partial charge in [0.2, 0.25) is 17.8 Å². The quantitative estimate of drug-likeness (QED) is 0.0421. The van der Waals surface area contributed by atoms with E-state index >= 15 is 19.2 Å². The van der Waals surface area contributed by atoms with Crippen molar-refractivity contribution in [2.75, 3.05) is 49.2 Å². The number of cyclic esters (lactones) is 1. The van der Waals surface area contributed by atoms with Crippen LogP contribution in [0.2, 0.25) is 0 Å². The number of hydrogen-bond acceptors (Lipinski definition) is 15. The number of piperazine rings is 1. The van der Waals surface area contributed by atoms with Crippen LogP contribution in [0.3, 0.4) is 0 Å². The van der Waals surface area contributed by atoms with E-state index in [-0.39, 0.29) is 49.8 Å². The van der Waals surface area contributed by atoms with Gasteiger partial charge in [0, 0.05) is 56.3 Å². The first-order chi connectivity index (χ1) is 38.0. The van der Waals surface area contributed by atoms with Crippen molar-refractivity contribution in [3.05, 3.63) is 189 Å². The molecular weight excluding hydrogens is 995 g/mol. The largest absolute Gasteiger partial charge is 0.491 e. The lowest BCUT2D eigenvalue weighted by molar-refractivity contribution is -0.384. The van der Waals surface area contributed by atoms with Crippen molar-refractivity contribution in [1.29, 1.82) is 0 Å². The van der Waals surface area contributed by atoms with Crippen LogP contribution in [0.5, 0.6) is 5.75 Å². The van der Waals surface area contributed by atoms with Gasteiger partial charge in [0.1, 0.15) is 42.1 Å². The minimum absolute atomic E-state index is 0.0632. The molecule has 4 fully saturated rings. The van der Waals surface area contributed by atoms with E-state index in [1.165, 1.54) is 24.3 Å². The van der Waals surface area contributed by atoms with Crippen LogP contribution in [-0.4, -0.2) is 110 Å². The van der Waals surface area contributed by atoms with Gasteiger partial charge in [-0.3, -0.25) is 29.4 Å². The molecule has 6 aromatic rings. The van der Waals surface area contributed by atoms with Crippen LogP contribution in [0, 0.1) is 27.9 Å². The summed E-state index contributed by atoms with van der Waals surface area (Å²) >= 11 is 0. The average Bonchev–Trinajstić information content (AvgIpc) is 2.86. The molecule has 398 valence electrons. The Balaban J connectivity index is 1.15. The monoisotopic (exact) mass is 1050 g/mol. The highest BCUT2D eigenvalue weighted by molar-refractivity contribution is 6.23. The molecule has 5 aliphatic rings. The number of nitro benzene ring substituents is 1. The Labute approximate surface area is 450 Å². The van der Waals surface area contributed by atoms with Gasteiger partial charge in [0.05, 0.1) is 35.2 Å². The second kappa shape index (κ2) is 21.9. The fourth-order valence-corrected chi connectivity index (χ4v) is 12.2. The number of aliphatic hydroxyl groups is 2. The molecule has 6 atom stereocenters. The zero-order chi connectivity index (χ0) is 54.0. The maximum Gasteiger partial charge on any atom is 0.421 e. The summed E-state index contributed by atoms with van der Waals surface area (Å²) in [5.74, 6) is 3.46. The zero-order valence-electron chi connectivity index (χ0n) is 42.6. The number of anilines is 2. The van der Waals surface area contributed by atoms with Crippen molar-refractivity contribution in [2.45, 2.75) is 80.4 Å². The van der Waals surface area contributed by atoms with Crippen LogP contribution < -0.4 is 14.5 Å². The summed E-state index contributed by atoms with van der Waals surface area (Å²) in [6, 6.07) is 34.3. The van der Waals surface area contributed by atoms with Crippen LogP contribution in [-0.2, 0) is 35.9 Å². The Kier molecular flexibility index (Phi) is 14.5. The maximum absolute atomic E-state index is 16.9. The molecular formula is C60H57N7O11. The number of nitro groups is 1. The third kappa shape index (κ3) is 9.58. The summed E-state index contributed by atoms with van der Waals surface area (Å²) in [6.45, 7) is 0.202. The normalized spacial score (nSPS) is 23.6. The molecule has 0 bridgehead atoms. The molecule has 5 aromatic carbocycles. The molecule has 1 spiro atoms. The Hall–Kier alpha value is -8.50. The highest BCUT2D eigenvalue weighted by Crippen LogP contribution is 2.66. The second-order valence-electron chi connectivity index (χ2n) is 20.3. The number of carbonyl (C=O) groups excluding carboxylic acids is 4. The van der Waals surface area contributed by atoms with Crippen LogP contribution in [0.25, 0.3) is 0 Å². The van der Waals surface area contributed by atoms with Gasteiger partial charge in [-0.1, -0.05) is 97.5 Å². The number of benzene rings is 5. The van der Waals surface area contributed by atoms with E-state index in [4.69, 9.17) is 14.2 Å². The van der Waals surface area contributed by atoms with E-state index in [1.54, 1.807) is 65.8 Å². The molecule has 1 aliphatic carbocycles. The van der Waals surface area contributed by atoms with Gasteiger partial charge in [0.15, 0.2) is 0 Å². The Morgan fingerprint density at radius 2 is 1.46 bits per heavy atom. The molecule has 1 aromatic heterocycles. The fraction of sp³-hybridized carbons (Fsp3) is 0.333. The van der Waals surface area contributed by atoms with E-state index in [9.17, 15) is 20.3 Å². The van der Waals surface area contributed by atoms with Gasteiger partial charge in [-0.05, 0) is 102 Å². The maximum atomic E-state index is 16.9. The summed E-state index contributed by atoms with van der Waals surface area (Å²) < 4.78 is 18.7. The van der Waals surface area contributed by atoms with Crippen molar-refractivity contribution < 1.29 is 48.5 Å². The summed E-state index contributed by atoms with van der Waals surface area (Å²) in [5.41, 5.74) is -0.709. The van der Waals surface area contributed by atoms with Gasteiger partial charge >= 0.3 is 12.1 Å². The first kappa shape index (κ1) is 51.6. The van der Waals surface area contributed by atoms with Gasteiger partial charge < -0.3 is 34.2 Å². The van der Waals surface area contributed by atoms with Gasteiger partial charge in [-0.15, -0.1) is 0 Å². The van der Waals surface area contributed by atoms with E-state index in [2.05, 4.69) is 21.8 Å². The molecule has 5 heterocycles. The molecule has 18 heteroatoms. The van der Waals surface area contributed by atoms with E-state index in [0.717, 1.165) is 30.6 Å². The fourth-order valence-electron chi connectivity index (χ4n) is 12.2. The summed E-state index contributed by atoms with van der Waals surface area (Å²) in [7, 11) is 0. The molecule has 3 amide bonds. The summed E-state index contributed by atoms with van der Waals surface area (Å²) in [6.07, 6.45) is 5.68. The predicted molar refractivity (Wildman–Crippen MR) is 285 cm³/mol. The number of rotatable bonds is 11. The van der Waals surface area contributed by atoms with E-state index < -0.39 is 70.0 Å². The number of non-ortho nitro benzene ring substituents is 1. The number of hydrogen-bond donors (Lipinski definition) is 2. The average molecular weight is 1050 g/mol. The van der Waals surface area contributed by atoms with Crippen molar-refractivity contribution >= 4 is 41.2 Å². The molecule has 11 rings (SSSR count). The Morgan fingerprint density at radius 3 is 2.14 bits per heavy atom. The molecule has 2 N–H and O–H groups in total. The minimum Gasteiger partial charge on any atom is -0.491 e. The molecule has 78 heavy (non-hydrogen) atoms. The highest BCUT2D eigenvalue weighted by atomic mass is 16.6. The molecule has 1 saturated carbocycles. The first-order valence-corrected chi connectivity index (χ1v) is 26.4. The molecule has 3 saturated heterocycles. The number of nitrogens with zero attached hydrogens (tertiary/aromatic N) is 7. The topological polar surface area (TPSA) is 218 Å². The zero-order valence-corrected chi connectivity index (χ0v) is 42.6. The number of ether oxygens (including phenoxy) is 3. The third-order valence-electron chi connectivity index (χ3n) is 15.7. The lowest BCUT2D eigenvalue weighted by atomic mass is 9.64. The lowest BCUT2D eigenvalue weighted by Crippen LogP contribution is -2.59. The van der Waals surface area contributed by atoms with Crippen molar-refractivity contribution in [3.63, 3.8) is 0 Å². The minimum atomic E-state index is -2.16. The molecule has 0 unspecified atom stereocenters. The van der Waals surface area contributed by atoms with Gasteiger partial charge in [-0.2, -0.15) is 0 Å². The molecule has 4 aliphatic heterocycles. The van der Waals surface area contributed by atoms with Crippen LogP contribution in [0.15, 0.2) is 146 Å². The highest BCUT2D eigenvalue weighted by Gasteiger charge is 2.76. The third-order valence-corrected chi connectivity index (χ3v) is 15.7. The Bertz CT molecular complexity index is 3270. The van der Waals surface area contributed by atoms with Crippen LogP contribution >= 0.6 is 0 Å². The predicted octanol–water partition coefficient (Wildman–Crippen LogP) is 7.54. The number of imide groups is 1. The molecule has 18 nitrogen and oxygen atoms in total. The lowest BCUT2D eigenvalue weighted by Gasteiger charge is -2.46. The van der Waals surface area contributed by atoms with Gasteiger partial charge in [0.25, 0.3) is 5.69 Å². The SMILES string of the molecule is O=C1O[C@@H](c2ccccc2)[C@@H](c2ccccc2)N2[C@@H](c3cccc(OCCO)c3)[C@]3(C(=O)N(C(=O)OCc4ccc([N+](=O)[O-])cc4)c4ccc(C#CC5(O)CCCCCC5)cc43)[C@@H](C(=O)N3CCN(c4ncccn4)CC3)[C@H]12. The van der Waals surface area contributed by atoms with Crippen LogP contribution in [0.4, 0.5) is 22.1 Å². The van der Waals surface area contributed by atoms with E-state index in [0.29, 0.717) is 65.4 Å². The van der Waals surface area contributed by atoms with Crippen LogP contribution in [0.1, 0.15) is 90.1 Å². The van der Waals surface area contributed by atoms with Crippen molar-refractivity contribution in [2.24, 2.45) is 5.92 Å². The van der Waals surface area contributed by atoms with Crippen molar-refractivity contribution in [1.82, 2.24) is 19.8 Å². The number of aliphatic hydroxyl groups excluding tert-OH is 1. The number of amides is 3. The smallest absolute Gasteiger partial charge is 0.421 e.